The Balaban J connectivity index is 1.83. The van der Waals surface area contributed by atoms with Crippen molar-refractivity contribution >= 4 is 0 Å². The first-order valence-corrected chi connectivity index (χ1v) is 8.85. The van der Waals surface area contributed by atoms with Crippen molar-refractivity contribution < 1.29 is 4.74 Å². The van der Waals surface area contributed by atoms with Gasteiger partial charge in [-0.15, -0.1) is 0 Å². The van der Waals surface area contributed by atoms with Crippen LogP contribution in [0, 0.1) is 5.92 Å². The maximum absolute atomic E-state index is 5.87. The summed E-state index contributed by atoms with van der Waals surface area (Å²) < 4.78 is 5.87. The zero-order chi connectivity index (χ0) is 14.5. The van der Waals surface area contributed by atoms with Crippen LogP contribution in [0.15, 0.2) is 24.3 Å². The number of para-hydroxylation sites is 1. The van der Waals surface area contributed by atoms with E-state index in [9.17, 15) is 0 Å². The number of ether oxygens (including phenoxy) is 1. The predicted octanol–water partition coefficient (Wildman–Crippen LogP) is 4.50. The van der Waals surface area contributed by atoms with Crippen molar-refractivity contribution in [3.63, 3.8) is 0 Å². The average molecular weight is 287 g/mol. The molecule has 1 heterocycles. The van der Waals surface area contributed by atoms with Crippen molar-refractivity contribution in [3.05, 3.63) is 29.8 Å². The molecule has 0 amide bonds. The second kappa shape index (κ2) is 7.31. The molecule has 2 nitrogen and oxygen atoms in total. The van der Waals surface area contributed by atoms with Gasteiger partial charge in [-0.25, -0.2) is 0 Å². The molecule has 2 heteroatoms. The van der Waals surface area contributed by atoms with E-state index in [1.807, 2.05) is 0 Å². The average Bonchev–Trinajstić information content (AvgIpc) is 2.81. The highest BCUT2D eigenvalue weighted by atomic mass is 16.5. The quantitative estimate of drug-likeness (QED) is 0.823. The van der Waals surface area contributed by atoms with E-state index < -0.39 is 0 Å². The molecule has 2 unspecified atom stereocenters. The van der Waals surface area contributed by atoms with Crippen molar-refractivity contribution in [2.75, 3.05) is 13.2 Å². The Morgan fingerprint density at radius 3 is 2.62 bits per heavy atom. The minimum Gasteiger partial charge on any atom is -0.493 e. The lowest BCUT2D eigenvalue weighted by Crippen LogP contribution is -2.42. The number of nitrogens with one attached hydrogen (secondary N) is 1. The molecule has 0 aromatic heterocycles. The van der Waals surface area contributed by atoms with Crippen molar-refractivity contribution in [2.24, 2.45) is 5.92 Å². The normalized spacial score (nSPS) is 24.7. The molecule has 2 aliphatic rings. The lowest BCUT2D eigenvalue weighted by Gasteiger charge is -2.37. The highest BCUT2D eigenvalue weighted by molar-refractivity contribution is 5.38. The van der Waals surface area contributed by atoms with Crippen molar-refractivity contribution in [3.8, 4) is 5.75 Å². The molecule has 21 heavy (non-hydrogen) atoms. The summed E-state index contributed by atoms with van der Waals surface area (Å²) in [7, 11) is 0. The Morgan fingerprint density at radius 1 is 1.10 bits per heavy atom. The Hall–Kier alpha value is -1.02. The molecular weight excluding hydrogens is 258 g/mol. The largest absolute Gasteiger partial charge is 0.493 e. The third-order valence-electron chi connectivity index (χ3n) is 5.29. The van der Waals surface area contributed by atoms with Crippen LogP contribution in [0.5, 0.6) is 5.75 Å². The van der Waals surface area contributed by atoms with Gasteiger partial charge in [0.05, 0.1) is 6.61 Å². The Labute approximate surface area is 129 Å². The third kappa shape index (κ3) is 3.42. The number of likely N-dealkylation sites (N-methyl/N-ethyl adjacent to an activating group) is 1. The van der Waals surface area contributed by atoms with Crippen LogP contribution in [0.1, 0.15) is 63.4 Å². The van der Waals surface area contributed by atoms with Gasteiger partial charge in [-0.1, -0.05) is 50.8 Å². The fourth-order valence-electron chi connectivity index (χ4n) is 4.29. The van der Waals surface area contributed by atoms with E-state index in [2.05, 4.69) is 36.5 Å². The molecular formula is C19H29NO. The summed E-state index contributed by atoms with van der Waals surface area (Å²) in [6.07, 6.45) is 9.65. The first-order chi connectivity index (χ1) is 10.4. The molecule has 1 saturated carbocycles. The first-order valence-electron chi connectivity index (χ1n) is 8.85. The Kier molecular flexibility index (Phi) is 5.18. The molecule has 0 saturated heterocycles. The van der Waals surface area contributed by atoms with Gasteiger partial charge in [-0.3, -0.25) is 0 Å². The third-order valence-corrected chi connectivity index (χ3v) is 5.29. The minimum atomic E-state index is 0.623. The van der Waals surface area contributed by atoms with Crippen molar-refractivity contribution in [1.29, 1.82) is 0 Å². The summed E-state index contributed by atoms with van der Waals surface area (Å²) in [5, 5.41) is 3.84. The number of hydrogen-bond donors (Lipinski definition) is 1. The maximum atomic E-state index is 5.87. The van der Waals surface area contributed by atoms with Gasteiger partial charge in [0.25, 0.3) is 0 Å². The Bertz CT molecular complexity index is 437. The van der Waals surface area contributed by atoms with E-state index >= 15 is 0 Å². The zero-order valence-electron chi connectivity index (χ0n) is 13.3. The maximum Gasteiger partial charge on any atom is 0.122 e. The van der Waals surface area contributed by atoms with E-state index in [0.717, 1.165) is 31.2 Å². The number of benzene rings is 1. The van der Waals surface area contributed by atoms with Crippen LogP contribution in [0.2, 0.25) is 0 Å². The second-order valence-corrected chi connectivity index (χ2v) is 6.62. The predicted molar refractivity (Wildman–Crippen MR) is 88.0 cm³/mol. The SMILES string of the molecule is CCNC(C1CCCCCC1)C1CCOc2ccccc21. The number of hydrogen-bond acceptors (Lipinski definition) is 2. The molecule has 1 aromatic rings. The van der Waals surface area contributed by atoms with Crippen LogP contribution in [0.3, 0.4) is 0 Å². The summed E-state index contributed by atoms with van der Waals surface area (Å²) in [5.74, 6) is 2.58. The van der Waals surface area contributed by atoms with E-state index in [4.69, 9.17) is 4.74 Å². The van der Waals surface area contributed by atoms with Gasteiger partial charge in [0.2, 0.25) is 0 Å². The van der Waals surface area contributed by atoms with Crippen LogP contribution in [0.4, 0.5) is 0 Å². The number of rotatable bonds is 4. The van der Waals surface area contributed by atoms with Crippen molar-refractivity contribution in [1.82, 2.24) is 5.32 Å². The monoisotopic (exact) mass is 287 g/mol. The summed E-state index contributed by atoms with van der Waals surface area (Å²) in [6, 6.07) is 9.29. The molecule has 3 rings (SSSR count). The van der Waals surface area contributed by atoms with Crippen LogP contribution in [0.25, 0.3) is 0 Å². The lowest BCUT2D eigenvalue weighted by molar-refractivity contribution is 0.209. The fraction of sp³-hybridized carbons (Fsp3) is 0.684. The molecule has 1 aliphatic heterocycles. The molecule has 0 bridgehead atoms. The highest BCUT2D eigenvalue weighted by Crippen LogP contribution is 2.40. The van der Waals surface area contributed by atoms with Gasteiger partial charge in [-0.05, 0) is 43.4 Å². The minimum absolute atomic E-state index is 0.623. The van der Waals surface area contributed by atoms with Gasteiger partial charge >= 0.3 is 0 Å². The van der Waals surface area contributed by atoms with Gasteiger partial charge in [0, 0.05) is 12.0 Å². The molecule has 1 aromatic carbocycles. The summed E-state index contributed by atoms with van der Waals surface area (Å²) in [6.45, 7) is 4.19. The molecule has 0 spiro atoms. The van der Waals surface area contributed by atoms with Gasteiger partial charge in [0.1, 0.15) is 5.75 Å². The molecule has 0 radical (unpaired) electrons. The van der Waals surface area contributed by atoms with Crippen molar-refractivity contribution in [2.45, 2.75) is 63.8 Å². The van der Waals surface area contributed by atoms with Gasteiger partial charge < -0.3 is 10.1 Å². The molecule has 116 valence electrons. The van der Waals surface area contributed by atoms with E-state index in [-0.39, 0.29) is 0 Å². The fourth-order valence-corrected chi connectivity index (χ4v) is 4.29. The van der Waals surface area contributed by atoms with Crippen LogP contribution >= 0.6 is 0 Å². The van der Waals surface area contributed by atoms with Gasteiger partial charge in [0.15, 0.2) is 0 Å². The summed E-state index contributed by atoms with van der Waals surface area (Å²) in [5.41, 5.74) is 1.43. The highest BCUT2D eigenvalue weighted by Gasteiger charge is 2.33. The van der Waals surface area contributed by atoms with Crippen LogP contribution in [-0.2, 0) is 0 Å². The van der Waals surface area contributed by atoms with Gasteiger partial charge in [-0.2, -0.15) is 0 Å². The standard InChI is InChI=1S/C19H29NO/c1-2-20-19(15-9-5-3-4-6-10-15)17-13-14-21-18-12-8-7-11-16(17)18/h7-8,11-12,15,17,19-20H,2-6,9-10,13-14H2,1H3. The van der Waals surface area contributed by atoms with E-state index in [1.165, 1.54) is 44.1 Å². The summed E-state index contributed by atoms with van der Waals surface area (Å²) >= 11 is 0. The molecule has 2 atom stereocenters. The van der Waals surface area contributed by atoms with E-state index in [0.29, 0.717) is 12.0 Å². The lowest BCUT2D eigenvalue weighted by atomic mass is 9.77. The first kappa shape index (κ1) is 14.9. The Morgan fingerprint density at radius 2 is 1.86 bits per heavy atom. The number of fused-ring (bicyclic) bond motifs is 1. The molecule has 1 aliphatic carbocycles. The molecule has 1 N–H and O–H groups in total. The topological polar surface area (TPSA) is 21.3 Å². The molecule has 1 fully saturated rings. The zero-order valence-corrected chi connectivity index (χ0v) is 13.3. The second-order valence-electron chi connectivity index (χ2n) is 6.62. The van der Waals surface area contributed by atoms with Crippen LogP contribution < -0.4 is 10.1 Å². The van der Waals surface area contributed by atoms with E-state index in [1.54, 1.807) is 0 Å². The van der Waals surface area contributed by atoms with Crippen LogP contribution in [-0.4, -0.2) is 19.2 Å². The summed E-state index contributed by atoms with van der Waals surface area (Å²) in [4.78, 5) is 0. The smallest absolute Gasteiger partial charge is 0.122 e.